The lowest BCUT2D eigenvalue weighted by Crippen LogP contribution is -3.06. The van der Waals surface area contributed by atoms with E-state index in [-0.39, 0.29) is 29.2 Å². The summed E-state index contributed by atoms with van der Waals surface area (Å²) in [6, 6.07) is 21.6. The molecule has 3 heterocycles. The Morgan fingerprint density at radius 3 is 2.34 bits per heavy atom. The van der Waals surface area contributed by atoms with Crippen LogP contribution >= 0.6 is 0 Å². The van der Waals surface area contributed by atoms with Gasteiger partial charge in [0.1, 0.15) is 5.69 Å². The van der Waals surface area contributed by atoms with E-state index in [1.54, 1.807) is 10.6 Å². The van der Waals surface area contributed by atoms with Gasteiger partial charge >= 0.3 is 0 Å². The molecule has 2 amide bonds. The van der Waals surface area contributed by atoms with Crippen molar-refractivity contribution in [3.8, 4) is 11.1 Å². The number of quaternary nitrogens is 1. The van der Waals surface area contributed by atoms with Gasteiger partial charge in [-0.2, -0.15) is 0 Å². The summed E-state index contributed by atoms with van der Waals surface area (Å²) >= 11 is 0. The number of amides is 2. The molecular formula is C28H31N4O3+. The zero-order valence-electron chi connectivity index (χ0n) is 20.2. The first-order valence-corrected chi connectivity index (χ1v) is 12.2. The number of likely N-dealkylation sites (N-methyl/N-ethyl adjacent to an activating group) is 1. The second-order valence-corrected chi connectivity index (χ2v) is 9.97. The highest BCUT2D eigenvalue weighted by atomic mass is 16.2. The largest absolute Gasteiger partial charge is 0.338 e. The van der Waals surface area contributed by atoms with Crippen molar-refractivity contribution in [2.75, 3.05) is 39.0 Å². The van der Waals surface area contributed by atoms with Crippen LogP contribution < -0.4 is 15.8 Å². The van der Waals surface area contributed by atoms with Crippen molar-refractivity contribution in [2.45, 2.75) is 18.9 Å². The molecule has 35 heavy (non-hydrogen) atoms. The van der Waals surface area contributed by atoms with Crippen molar-refractivity contribution in [2.24, 2.45) is 5.92 Å². The van der Waals surface area contributed by atoms with Gasteiger partial charge in [0.2, 0.25) is 0 Å². The minimum absolute atomic E-state index is 0.0326. The normalized spacial score (nSPS) is 18.8. The van der Waals surface area contributed by atoms with Crippen molar-refractivity contribution < 1.29 is 14.5 Å². The molecule has 7 heteroatoms. The van der Waals surface area contributed by atoms with Crippen molar-refractivity contribution in [3.05, 3.63) is 88.3 Å². The number of anilines is 1. The number of nitrogens with zero attached hydrogens (tertiary/aromatic N) is 2. The molecule has 1 aromatic heterocycles. The number of hydrogen-bond donors (Lipinski definition) is 2. The average Bonchev–Trinajstić information content (AvgIpc) is 2.85. The number of pyridine rings is 1. The molecule has 7 nitrogen and oxygen atoms in total. The van der Waals surface area contributed by atoms with Crippen molar-refractivity contribution >= 4 is 17.5 Å². The molecule has 2 N–H and O–H groups in total. The van der Waals surface area contributed by atoms with E-state index in [0.29, 0.717) is 37.4 Å². The molecular weight excluding hydrogens is 440 g/mol. The third-order valence-electron chi connectivity index (χ3n) is 6.92. The van der Waals surface area contributed by atoms with Crippen molar-refractivity contribution in [3.63, 3.8) is 0 Å². The number of carbonyl (C=O) groups is 2. The van der Waals surface area contributed by atoms with Crippen LogP contribution in [-0.4, -0.2) is 55.0 Å². The monoisotopic (exact) mass is 471 g/mol. The number of benzene rings is 2. The van der Waals surface area contributed by atoms with Gasteiger partial charge < -0.3 is 19.7 Å². The first kappa shape index (κ1) is 23.1. The minimum Gasteiger partial charge on any atom is -0.338 e. The third kappa shape index (κ3) is 4.77. The van der Waals surface area contributed by atoms with Gasteiger partial charge in [-0.25, -0.2) is 0 Å². The van der Waals surface area contributed by atoms with Gasteiger partial charge in [-0.3, -0.25) is 14.4 Å². The van der Waals surface area contributed by atoms with Gasteiger partial charge in [0, 0.05) is 36.8 Å². The molecule has 180 valence electrons. The van der Waals surface area contributed by atoms with Crippen LogP contribution in [0, 0.1) is 5.92 Å². The number of rotatable bonds is 5. The molecule has 1 saturated heterocycles. The average molecular weight is 472 g/mol. The summed E-state index contributed by atoms with van der Waals surface area (Å²) in [6.45, 7) is 2.08. The fraction of sp³-hybridized carbons (Fsp3) is 0.321. The first-order valence-electron chi connectivity index (χ1n) is 12.2. The van der Waals surface area contributed by atoms with Gasteiger partial charge in [0.05, 0.1) is 14.1 Å². The lowest BCUT2D eigenvalue weighted by Gasteiger charge is -2.43. The van der Waals surface area contributed by atoms with Crippen LogP contribution in [0.5, 0.6) is 0 Å². The maximum atomic E-state index is 13.3. The molecule has 2 aromatic carbocycles. The Balaban J connectivity index is 1.32. The molecule has 2 atom stereocenters. The van der Waals surface area contributed by atoms with Crippen LogP contribution in [0.1, 0.15) is 28.4 Å². The smallest absolute Gasteiger partial charge is 0.279 e. The van der Waals surface area contributed by atoms with Crippen LogP contribution in [-0.2, 0) is 11.3 Å². The van der Waals surface area contributed by atoms with Gasteiger partial charge in [-0.15, -0.1) is 0 Å². The highest BCUT2D eigenvalue weighted by Gasteiger charge is 2.37. The molecule has 2 bridgehead atoms. The van der Waals surface area contributed by atoms with E-state index in [0.717, 1.165) is 28.1 Å². The Morgan fingerprint density at radius 2 is 1.63 bits per heavy atom. The van der Waals surface area contributed by atoms with Crippen molar-refractivity contribution in [1.82, 2.24) is 9.47 Å². The van der Waals surface area contributed by atoms with Crippen LogP contribution in [0.3, 0.4) is 0 Å². The van der Waals surface area contributed by atoms with E-state index in [4.69, 9.17) is 0 Å². The Kier molecular flexibility index (Phi) is 6.26. The molecule has 5 rings (SSSR count). The number of piperidine rings is 1. The minimum atomic E-state index is -0.172. The summed E-state index contributed by atoms with van der Waals surface area (Å²) in [7, 11) is 3.79. The summed E-state index contributed by atoms with van der Waals surface area (Å²) in [4.78, 5) is 41.5. The number of fused-ring (bicyclic) bond motifs is 4. The summed E-state index contributed by atoms with van der Waals surface area (Å²) in [5.41, 5.74) is 4.00. The maximum Gasteiger partial charge on any atom is 0.279 e. The van der Waals surface area contributed by atoms with Crippen molar-refractivity contribution in [1.29, 1.82) is 0 Å². The molecule has 0 saturated carbocycles. The second-order valence-electron chi connectivity index (χ2n) is 9.97. The molecule has 2 aliphatic heterocycles. The van der Waals surface area contributed by atoms with E-state index in [1.165, 1.54) is 0 Å². The highest BCUT2D eigenvalue weighted by Crippen LogP contribution is 2.36. The van der Waals surface area contributed by atoms with Crippen LogP contribution in [0.15, 0.2) is 71.5 Å². The molecule has 3 aromatic rings. The molecule has 1 fully saturated rings. The summed E-state index contributed by atoms with van der Waals surface area (Å²) < 4.78 is 1.80. The Bertz CT molecular complexity index is 1300. The predicted molar refractivity (Wildman–Crippen MR) is 136 cm³/mol. The molecule has 0 spiro atoms. The zero-order chi connectivity index (χ0) is 24.5. The highest BCUT2D eigenvalue weighted by molar-refractivity contribution is 5.95. The maximum absolute atomic E-state index is 13.3. The number of carbonyl (C=O) groups excluding carboxylic acids is 2. The topological polar surface area (TPSA) is 75.8 Å². The number of likely N-dealkylation sites (tertiary alicyclic amines) is 1. The number of nitrogens with one attached hydrogen (secondary N) is 2. The van der Waals surface area contributed by atoms with Gasteiger partial charge in [0.25, 0.3) is 17.4 Å². The van der Waals surface area contributed by atoms with Gasteiger partial charge in [0.15, 0.2) is 6.54 Å². The zero-order valence-corrected chi connectivity index (χ0v) is 20.2. The summed E-state index contributed by atoms with van der Waals surface area (Å²) in [5.74, 6) is 0.182. The van der Waals surface area contributed by atoms with E-state index < -0.39 is 0 Å². The van der Waals surface area contributed by atoms with E-state index in [9.17, 15) is 14.4 Å². The first-order chi connectivity index (χ1) is 16.9. The van der Waals surface area contributed by atoms with Gasteiger partial charge in [-0.05, 0) is 47.7 Å². The molecule has 0 radical (unpaired) electrons. The van der Waals surface area contributed by atoms with E-state index >= 15 is 0 Å². The summed E-state index contributed by atoms with van der Waals surface area (Å²) in [6.07, 6.45) is 0.964. The number of aromatic nitrogens is 1. The third-order valence-corrected chi connectivity index (χ3v) is 6.92. The summed E-state index contributed by atoms with van der Waals surface area (Å²) in [5, 5.41) is 2.76. The Labute approximate surface area is 205 Å². The SMILES string of the molecule is C[NH+](C)CC(=O)Nc1ccc2n(c1=O)C[C@H]1C[C@@H]2CN(C(=O)c2ccc(-c3ccccc3)cc2)C1. The van der Waals surface area contributed by atoms with Gasteiger partial charge in [-0.1, -0.05) is 42.5 Å². The van der Waals surface area contributed by atoms with Crippen LogP contribution in [0.4, 0.5) is 5.69 Å². The predicted octanol–water partition coefficient (Wildman–Crippen LogP) is 1.86. The quantitative estimate of drug-likeness (QED) is 0.597. The second kappa shape index (κ2) is 9.50. The van der Waals surface area contributed by atoms with Crippen LogP contribution in [0.25, 0.3) is 11.1 Å². The number of hydrogen-bond acceptors (Lipinski definition) is 3. The van der Waals surface area contributed by atoms with E-state index in [1.807, 2.05) is 67.5 Å². The lowest BCUT2D eigenvalue weighted by atomic mass is 9.83. The molecule has 2 aliphatic rings. The Hall–Kier alpha value is -3.71. The lowest BCUT2D eigenvalue weighted by molar-refractivity contribution is -0.849. The molecule has 0 unspecified atom stereocenters. The standard InChI is InChI=1S/C28H30N4O3/c1-30(2)18-26(33)29-24-12-13-25-23-14-19(16-32(25)28(24)35)15-31(17-23)27(34)22-10-8-21(9-11-22)20-6-4-3-5-7-20/h3-13,19,23H,14-18H2,1-2H3,(H,29,33)/p+1/t19-,23+/m0/s1. The fourth-order valence-corrected chi connectivity index (χ4v) is 5.34. The van der Waals surface area contributed by atoms with E-state index in [2.05, 4.69) is 17.4 Å². The fourth-order valence-electron chi connectivity index (χ4n) is 5.34. The Morgan fingerprint density at radius 1 is 0.914 bits per heavy atom. The molecule has 0 aliphatic carbocycles. The van der Waals surface area contributed by atoms with Crippen LogP contribution in [0.2, 0.25) is 0 Å².